The Morgan fingerprint density at radius 1 is 1.23 bits per heavy atom. The van der Waals surface area contributed by atoms with Crippen molar-refractivity contribution in [3.8, 4) is 5.75 Å². The molecule has 26 heavy (non-hydrogen) atoms. The molecule has 0 fully saturated rings. The van der Waals surface area contributed by atoms with Gasteiger partial charge in [0, 0.05) is 5.56 Å². The first-order valence-corrected chi connectivity index (χ1v) is 8.50. The molecule has 2 aromatic heterocycles. The summed E-state index contributed by atoms with van der Waals surface area (Å²) < 4.78 is 7.13. The lowest BCUT2D eigenvalue weighted by atomic mass is 10.0. The Labute approximate surface area is 148 Å². The van der Waals surface area contributed by atoms with E-state index in [1.807, 2.05) is 48.6 Å². The van der Waals surface area contributed by atoms with Gasteiger partial charge in [-0.3, -0.25) is 9.78 Å². The minimum absolute atomic E-state index is 0.219. The molecule has 128 valence electrons. The van der Waals surface area contributed by atoms with Gasteiger partial charge in [0.2, 0.25) is 5.78 Å². The number of benzene rings is 2. The van der Waals surface area contributed by atoms with Crippen LogP contribution in [0.25, 0.3) is 28.7 Å². The number of hydrogen-bond donors (Lipinski definition) is 1. The maximum absolute atomic E-state index is 12.6. The molecule has 4 aromatic rings. The third-order valence-electron chi connectivity index (χ3n) is 4.78. The number of aryl methyl sites for hydroxylation is 1. The van der Waals surface area contributed by atoms with Crippen molar-refractivity contribution in [2.24, 2.45) is 0 Å². The fourth-order valence-corrected chi connectivity index (χ4v) is 3.51. The molecule has 0 unspecified atom stereocenters. The van der Waals surface area contributed by atoms with Crippen molar-refractivity contribution in [1.82, 2.24) is 19.6 Å². The summed E-state index contributed by atoms with van der Waals surface area (Å²) in [5.41, 5.74) is 1.55. The van der Waals surface area contributed by atoms with Gasteiger partial charge in [0.25, 0.3) is 5.56 Å². The van der Waals surface area contributed by atoms with Gasteiger partial charge in [-0.2, -0.15) is 9.61 Å². The highest BCUT2D eigenvalue weighted by Gasteiger charge is 2.12. The molecule has 2 aromatic carbocycles. The molecular formula is C20H16N4O2. The molecule has 1 aliphatic carbocycles. The van der Waals surface area contributed by atoms with E-state index in [0.717, 1.165) is 40.2 Å². The Morgan fingerprint density at radius 3 is 3.00 bits per heavy atom. The summed E-state index contributed by atoms with van der Waals surface area (Å²) in [6.45, 7) is 0. The number of fused-ring (bicyclic) bond motifs is 3. The molecule has 6 nitrogen and oxygen atoms in total. The van der Waals surface area contributed by atoms with Gasteiger partial charge < -0.3 is 4.74 Å². The van der Waals surface area contributed by atoms with E-state index in [1.54, 1.807) is 11.6 Å². The lowest BCUT2D eigenvalue weighted by Crippen LogP contribution is -2.28. The Bertz CT molecular complexity index is 1350. The first-order chi connectivity index (χ1) is 12.7. The molecule has 0 radical (unpaired) electrons. The Hall–Kier alpha value is -3.41. The number of aromatic nitrogens is 4. The molecule has 0 bridgehead atoms. The van der Waals surface area contributed by atoms with E-state index in [2.05, 4.69) is 15.1 Å². The highest BCUT2D eigenvalue weighted by molar-refractivity contribution is 5.93. The molecule has 0 saturated carbocycles. The average molecular weight is 344 g/mol. The van der Waals surface area contributed by atoms with Gasteiger partial charge in [0.05, 0.1) is 18.2 Å². The Balaban J connectivity index is 1.88. The third kappa shape index (κ3) is 2.15. The number of H-pyrrole nitrogens is 1. The third-order valence-corrected chi connectivity index (χ3v) is 4.78. The second-order valence-corrected chi connectivity index (χ2v) is 6.31. The van der Waals surface area contributed by atoms with Gasteiger partial charge in [-0.15, -0.1) is 0 Å². The van der Waals surface area contributed by atoms with E-state index in [4.69, 9.17) is 4.74 Å². The van der Waals surface area contributed by atoms with E-state index in [9.17, 15) is 4.79 Å². The predicted molar refractivity (Wildman–Crippen MR) is 99.7 cm³/mol. The summed E-state index contributed by atoms with van der Waals surface area (Å²) in [6, 6.07) is 11.9. The first-order valence-electron chi connectivity index (χ1n) is 8.50. The zero-order chi connectivity index (χ0) is 17.7. The zero-order valence-electron chi connectivity index (χ0n) is 14.2. The molecule has 0 aliphatic heterocycles. The van der Waals surface area contributed by atoms with Crippen LogP contribution in [-0.2, 0) is 6.42 Å². The summed E-state index contributed by atoms with van der Waals surface area (Å²) in [7, 11) is 1.63. The van der Waals surface area contributed by atoms with Crippen LogP contribution in [0.15, 0.2) is 41.2 Å². The number of ether oxygens (including phenoxy) is 1. The normalized spacial score (nSPS) is 14.0. The molecule has 0 saturated heterocycles. The van der Waals surface area contributed by atoms with Crippen molar-refractivity contribution in [3.05, 3.63) is 68.7 Å². The van der Waals surface area contributed by atoms with Crippen molar-refractivity contribution in [2.45, 2.75) is 12.8 Å². The topological polar surface area (TPSA) is 72.3 Å². The number of rotatable bonds is 2. The van der Waals surface area contributed by atoms with Crippen molar-refractivity contribution >= 4 is 28.7 Å². The summed E-state index contributed by atoms with van der Waals surface area (Å²) >= 11 is 0. The number of aromatic amines is 1. The largest absolute Gasteiger partial charge is 0.496 e. The lowest BCUT2D eigenvalue weighted by Gasteiger charge is -2.08. The number of hydrogen-bond acceptors (Lipinski definition) is 4. The standard InChI is InChI=1S/C20H16N4O2/c1-26-18-10-9-12-5-2-3-6-13(12)14(18)11-17-19(25)22-20-21-15-7-4-8-16(15)23-24(17)20/h2-3,5-7,9-11H,4,8H2,1H3,(H,21,22,25)/b17-11+. The SMILES string of the molecule is COc1ccc2ccccc2c1/C=c1\c(=O)[nH]c2nc3c(nn12)CCC=3. The van der Waals surface area contributed by atoms with Gasteiger partial charge in [0.15, 0.2) is 0 Å². The maximum atomic E-state index is 12.6. The second-order valence-electron chi connectivity index (χ2n) is 6.31. The molecule has 0 amide bonds. The van der Waals surface area contributed by atoms with Gasteiger partial charge in [-0.05, 0) is 35.8 Å². The second kappa shape index (κ2) is 5.56. The quantitative estimate of drug-likeness (QED) is 0.592. The Kier molecular flexibility index (Phi) is 3.18. The Morgan fingerprint density at radius 2 is 2.12 bits per heavy atom. The van der Waals surface area contributed by atoms with Crippen molar-refractivity contribution in [3.63, 3.8) is 0 Å². The van der Waals surface area contributed by atoms with Crippen LogP contribution in [0, 0.1) is 0 Å². The summed E-state index contributed by atoms with van der Waals surface area (Å²) in [5.74, 6) is 1.16. The maximum Gasteiger partial charge on any atom is 0.276 e. The summed E-state index contributed by atoms with van der Waals surface area (Å²) in [4.78, 5) is 19.9. The van der Waals surface area contributed by atoms with E-state index >= 15 is 0 Å². The number of nitrogens with one attached hydrogen (secondary N) is 1. The monoisotopic (exact) mass is 344 g/mol. The molecule has 0 spiro atoms. The summed E-state index contributed by atoms with van der Waals surface area (Å²) in [6.07, 6.45) is 5.65. The van der Waals surface area contributed by atoms with E-state index in [1.165, 1.54) is 0 Å². The smallest absolute Gasteiger partial charge is 0.276 e. The first kappa shape index (κ1) is 14.9. The van der Waals surface area contributed by atoms with Crippen molar-refractivity contribution in [1.29, 1.82) is 0 Å². The van der Waals surface area contributed by atoms with Crippen molar-refractivity contribution in [2.75, 3.05) is 7.11 Å². The average Bonchev–Trinajstić information content (AvgIpc) is 3.23. The van der Waals surface area contributed by atoms with Crippen LogP contribution in [0.2, 0.25) is 0 Å². The molecule has 1 N–H and O–H groups in total. The predicted octanol–water partition coefficient (Wildman–Crippen LogP) is 1.13. The van der Waals surface area contributed by atoms with Gasteiger partial charge in [-0.1, -0.05) is 36.4 Å². The summed E-state index contributed by atoms with van der Waals surface area (Å²) in [5, 5.41) is 8.03. The van der Waals surface area contributed by atoms with Crippen LogP contribution in [0.4, 0.5) is 0 Å². The van der Waals surface area contributed by atoms with Crippen LogP contribution >= 0.6 is 0 Å². The van der Waals surface area contributed by atoms with Crippen LogP contribution in [0.3, 0.4) is 0 Å². The van der Waals surface area contributed by atoms with E-state index in [0.29, 0.717) is 16.9 Å². The minimum atomic E-state index is -0.219. The van der Waals surface area contributed by atoms with Crippen LogP contribution < -0.4 is 21.0 Å². The minimum Gasteiger partial charge on any atom is -0.496 e. The molecule has 0 atom stereocenters. The highest BCUT2D eigenvalue weighted by atomic mass is 16.5. The zero-order valence-corrected chi connectivity index (χ0v) is 14.2. The van der Waals surface area contributed by atoms with Crippen LogP contribution in [0.1, 0.15) is 17.7 Å². The molecule has 2 heterocycles. The molecule has 1 aliphatic rings. The van der Waals surface area contributed by atoms with Crippen LogP contribution in [-0.4, -0.2) is 26.7 Å². The molecule has 5 rings (SSSR count). The fourth-order valence-electron chi connectivity index (χ4n) is 3.51. The van der Waals surface area contributed by atoms with Gasteiger partial charge in [0.1, 0.15) is 11.1 Å². The number of imidazole rings is 1. The highest BCUT2D eigenvalue weighted by Crippen LogP contribution is 2.28. The van der Waals surface area contributed by atoms with Gasteiger partial charge >= 0.3 is 0 Å². The van der Waals surface area contributed by atoms with E-state index < -0.39 is 0 Å². The fraction of sp³-hybridized carbons (Fsp3) is 0.150. The number of methoxy groups -OCH3 is 1. The lowest BCUT2D eigenvalue weighted by molar-refractivity contribution is 0.414. The van der Waals surface area contributed by atoms with Crippen LogP contribution in [0.5, 0.6) is 5.75 Å². The number of nitrogens with zero attached hydrogens (tertiary/aromatic N) is 3. The molecule has 6 heteroatoms. The van der Waals surface area contributed by atoms with Crippen molar-refractivity contribution < 1.29 is 4.74 Å². The van der Waals surface area contributed by atoms with Gasteiger partial charge in [-0.25, -0.2) is 4.98 Å². The molecular weight excluding hydrogens is 328 g/mol. The van der Waals surface area contributed by atoms with E-state index in [-0.39, 0.29) is 5.56 Å².